The highest BCUT2D eigenvalue weighted by Crippen LogP contribution is 2.07. The van der Waals surface area contributed by atoms with Gasteiger partial charge in [0.15, 0.2) is 0 Å². The summed E-state index contributed by atoms with van der Waals surface area (Å²) in [6.07, 6.45) is 4.62. The molecule has 0 fully saturated rings. The van der Waals surface area contributed by atoms with Crippen LogP contribution in [0, 0.1) is 0 Å². The predicted octanol–water partition coefficient (Wildman–Crippen LogP) is 3.02. The van der Waals surface area contributed by atoms with Gasteiger partial charge in [-0.2, -0.15) is 0 Å². The van der Waals surface area contributed by atoms with Crippen molar-refractivity contribution in [3.05, 3.63) is 35.9 Å². The first-order valence-corrected chi connectivity index (χ1v) is 6.63. The molecule has 96 valence electrons. The molecule has 0 heterocycles. The van der Waals surface area contributed by atoms with Crippen molar-refractivity contribution in [2.45, 2.75) is 38.6 Å². The van der Waals surface area contributed by atoms with Crippen molar-refractivity contribution < 1.29 is 4.74 Å². The summed E-state index contributed by atoms with van der Waals surface area (Å²) in [7, 11) is 1.77. The van der Waals surface area contributed by atoms with Crippen molar-refractivity contribution >= 4 is 0 Å². The summed E-state index contributed by atoms with van der Waals surface area (Å²) in [4.78, 5) is 0. The Balaban J connectivity index is 2.39. The third-order valence-electron chi connectivity index (χ3n) is 2.91. The Morgan fingerprint density at radius 3 is 2.65 bits per heavy atom. The van der Waals surface area contributed by atoms with Crippen LogP contribution in [0.3, 0.4) is 0 Å². The second-order valence-electron chi connectivity index (χ2n) is 4.48. The lowest BCUT2D eigenvalue weighted by atomic mass is 10.0. The molecule has 2 nitrogen and oxygen atoms in total. The molecular weight excluding hydrogens is 210 g/mol. The molecule has 0 aliphatic carbocycles. The molecule has 1 atom stereocenters. The molecule has 1 rings (SSSR count). The molecule has 0 aliphatic heterocycles. The molecule has 2 heteroatoms. The first-order valence-electron chi connectivity index (χ1n) is 6.63. The Hall–Kier alpha value is -0.860. The van der Waals surface area contributed by atoms with Crippen LogP contribution in [-0.2, 0) is 11.2 Å². The van der Waals surface area contributed by atoms with Crippen molar-refractivity contribution in [2.24, 2.45) is 0 Å². The maximum atomic E-state index is 5.12. The van der Waals surface area contributed by atoms with Crippen molar-refractivity contribution in [3.8, 4) is 0 Å². The van der Waals surface area contributed by atoms with Gasteiger partial charge >= 0.3 is 0 Å². The first kappa shape index (κ1) is 14.2. The van der Waals surface area contributed by atoms with Crippen LogP contribution in [0.1, 0.15) is 31.7 Å². The van der Waals surface area contributed by atoms with E-state index >= 15 is 0 Å². The predicted molar refractivity (Wildman–Crippen MR) is 73.3 cm³/mol. The standard InChI is InChI=1S/C15H25NO/c1-3-11-16-15(10-7-12-17-2)13-14-8-5-4-6-9-14/h4-6,8-9,15-16H,3,7,10-13H2,1-2H3. The molecule has 1 unspecified atom stereocenters. The minimum atomic E-state index is 0.576. The van der Waals surface area contributed by atoms with Gasteiger partial charge in [-0.05, 0) is 37.8 Å². The van der Waals surface area contributed by atoms with E-state index in [9.17, 15) is 0 Å². The van der Waals surface area contributed by atoms with E-state index in [-0.39, 0.29) is 0 Å². The number of benzene rings is 1. The normalized spacial score (nSPS) is 12.6. The van der Waals surface area contributed by atoms with Gasteiger partial charge in [0.2, 0.25) is 0 Å². The number of hydrogen-bond acceptors (Lipinski definition) is 2. The fraction of sp³-hybridized carbons (Fsp3) is 0.600. The zero-order valence-electron chi connectivity index (χ0n) is 11.1. The molecule has 0 amide bonds. The van der Waals surface area contributed by atoms with Gasteiger partial charge in [-0.1, -0.05) is 37.3 Å². The van der Waals surface area contributed by atoms with Gasteiger partial charge in [0.1, 0.15) is 0 Å². The number of rotatable bonds is 9. The molecule has 1 N–H and O–H groups in total. The molecule has 0 spiro atoms. The molecule has 0 bridgehead atoms. The first-order chi connectivity index (χ1) is 8.36. The molecule has 0 radical (unpaired) electrons. The largest absolute Gasteiger partial charge is 0.385 e. The van der Waals surface area contributed by atoms with Crippen LogP contribution in [-0.4, -0.2) is 26.3 Å². The number of hydrogen-bond donors (Lipinski definition) is 1. The lowest BCUT2D eigenvalue weighted by Gasteiger charge is -2.18. The van der Waals surface area contributed by atoms with E-state index in [1.807, 2.05) is 0 Å². The molecule has 0 aromatic heterocycles. The van der Waals surface area contributed by atoms with Gasteiger partial charge in [-0.3, -0.25) is 0 Å². The molecule has 0 saturated carbocycles. The van der Waals surface area contributed by atoms with E-state index in [1.165, 1.54) is 18.4 Å². The second-order valence-corrected chi connectivity index (χ2v) is 4.48. The third kappa shape index (κ3) is 6.44. The highest BCUT2D eigenvalue weighted by molar-refractivity contribution is 5.15. The quantitative estimate of drug-likeness (QED) is 0.664. The average Bonchev–Trinajstić information content (AvgIpc) is 2.37. The summed E-state index contributed by atoms with van der Waals surface area (Å²) in [6.45, 7) is 4.17. The average molecular weight is 235 g/mol. The molecular formula is C15H25NO. The van der Waals surface area contributed by atoms with E-state index in [4.69, 9.17) is 4.74 Å². The fourth-order valence-electron chi connectivity index (χ4n) is 2.00. The lowest BCUT2D eigenvalue weighted by molar-refractivity contribution is 0.188. The maximum Gasteiger partial charge on any atom is 0.0462 e. The summed E-state index contributed by atoms with van der Waals surface area (Å²) >= 11 is 0. The van der Waals surface area contributed by atoms with E-state index < -0.39 is 0 Å². The zero-order valence-corrected chi connectivity index (χ0v) is 11.1. The van der Waals surface area contributed by atoms with Gasteiger partial charge in [0.05, 0.1) is 0 Å². The minimum absolute atomic E-state index is 0.576. The summed E-state index contributed by atoms with van der Waals surface area (Å²) in [5.41, 5.74) is 1.42. The Bertz CT molecular complexity index is 274. The van der Waals surface area contributed by atoms with Crippen LogP contribution in [0.25, 0.3) is 0 Å². The van der Waals surface area contributed by atoms with E-state index in [2.05, 4.69) is 42.6 Å². The van der Waals surface area contributed by atoms with Crippen LogP contribution in [0.4, 0.5) is 0 Å². The topological polar surface area (TPSA) is 21.3 Å². The highest BCUT2D eigenvalue weighted by atomic mass is 16.5. The van der Waals surface area contributed by atoms with E-state index in [0.717, 1.165) is 26.0 Å². The summed E-state index contributed by atoms with van der Waals surface area (Å²) in [5.74, 6) is 0. The summed E-state index contributed by atoms with van der Waals surface area (Å²) in [5, 5.41) is 3.62. The smallest absolute Gasteiger partial charge is 0.0462 e. The van der Waals surface area contributed by atoms with Gasteiger partial charge in [-0.15, -0.1) is 0 Å². The van der Waals surface area contributed by atoms with Crippen molar-refractivity contribution in [1.82, 2.24) is 5.32 Å². The third-order valence-corrected chi connectivity index (χ3v) is 2.91. The van der Waals surface area contributed by atoms with Gasteiger partial charge < -0.3 is 10.1 Å². The maximum absolute atomic E-state index is 5.12. The highest BCUT2D eigenvalue weighted by Gasteiger charge is 2.08. The molecule has 0 aliphatic rings. The van der Waals surface area contributed by atoms with Gasteiger partial charge in [0.25, 0.3) is 0 Å². The van der Waals surface area contributed by atoms with Gasteiger partial charge in [-0.25, -0.2) is 0 Å². The molecule has 1 aromatic carbocycles. The second kappa shape index (κ2) is 9.20. The SMILES string of the molecule is CCCNC(CCCOC)Cc1ccccc1. The minimum Gasteiger partial charge on any atom is -0.385 e. The van der Waals surface area contributed by atoms with Crippen LogP contribution in [0.15, 0.2) is 30.3 Å². The monoisotopic (exact) mass is 235 g/mol. The zero-order chi connectivity index (χ0) is 12.3. The van der Waals surface area contributed by atoms with Crippen molar-refractivity contribution in [1.29, 1.82) is 0 Å². The summed E-state index contributed by atoms with van der Waals surface area (Å²) < 4.78 is 5.12. The lowest BCUT2D eigenvalue weighted by Crippen LogP contribution is -2.32. The fourth-order valence-corrected chi connectivity index (χ4v) is 2.00. The number of ether oxygens (including phenoxy) is 1. The van der Waals surface area contributed by atoms with Gasteiger partial charge in [0, 0.05) is 19.8 Å². The Morgan fingerprint density at radius 1 is 1.24 bits per heavy atom. The Kier molecular flexibility index (Phi) is 7.69. The van der Waals surface area contributed by atoms with E-state index in [0.29, 0.717) is 6.04 Å². The summed E-state index contributed by atoms with van der Waals surface area (Å²) in [6, 6.07) is 11.3. The Labute approximate surface area is 105 Å². The molecule has 0 saturated heterocycles. The van der Waals surface area contributed by atoms with Crippen LogP contribution < -0.4 is 5.32 Å². The molecule has 17 heavy (non-hydrogen) atoms. The van der Waals surface area contributed by atoms with Crippen LogP contribution >= 0.6 is 0 Å². The Morgan fingerprint density at radius 2 is 2.00 bits per heavy atom. The molecule has 1 aromatic rings. The van der Waals surface area contributed by atoms with Crippen LogP contribution in [0.5, 0.6) is 0 Å². The van der Waals surface area contributed by atoms with Crippen molar-refractivity contribution in [3.63, 3.8) is 0 Å². The number of methoxy groups -OCH3 is 1. The van der Waals surface area contributed by atoms with Crippen LogP contribution in [0.2, 0.25) is 0 Å². The van der Waals surface area contributed by atoms with E-state index in [1.54, 1.807) is 7.11 Å². The number of nitrogens with one attached hydrogen (secondary N) is 1. The van der Waals surface area contributed by atoms with Crippen molar-refractivity contribution in [2.75, 3.05) is 20.3 Å².